The summed E-state index contributed by atoms with van der Waals surface area (Å²) in [6.45, 7) is 2.42. The number of hydrogen-bond donors (Lipinski definition) is 0. The summed E-state index contributed by atoms with van der Waals surface area (Å²) >= 11 is 12.1. The fraction of sp³-hybridized carbons (Fsp3) is 0.400. The highest BCUT2D eigenvalue weighted by Gasteiger charge is 2.51. The molecule has 0 N–H and O–H groups in total. The maximum absolute atomic E-state index is 13.5. The summed E-state index contributed by atoms with van der Waals surface area (Å²) in [5.74, 6) is -1.37. The van der Waals surface area contributed by atoms with E-state index in [1.807, 2.05) is 0 Å². The van der Waals surface area contributed by atoms with Crippen LogP contribution in [-0.2, 0) is 15.8 Å². The molecule has 0 aliphatic carbocycles. The van der Waals surface area contributed by atoms with Crippen molar-refractivity contribution in [3.8, 4) is 17.6 Å². The number of ether oxygens (including phenoxy) is 2. The number of rotatable bonds is 8. The Balaban J connectivity index is 1.81. The number of carbonyl (C=O) groups is 2. The van der Waals surface area contributed by atoms with Gasteiger partial charge in [-0.15, -0.1) is 0 Å². The zero-order valence-corrected chi connectivity index (χ0v) is 20.8. The second kappa shape index (κ2) is 11.4. The summed E-state index contributed by atoms with van der Waals surface area (Å²) < 4.78 is 49.7. The number of Topliss-reactive ketones (excluding diaryl/α,β-unsaturated/α-hetero) is 1. The van der Waals surface area contributed by atoms with Crippen LogP contribution in [0.5, 0.6) is 11.5 Å². The number of nitrogens with zero attached hydrogens (tertiary/aromatic N) is 2. The molecule has 0 spiro atoms. The van der Waals surface area contributed by atoms with Gasteiger partial charge in [-0.3, -0.25) is 9.59 Å². The summed E-state index contributed by atoms with van der Waals surface area (Å²) in [6.07, 6.45) is -3.61. The Morgan fingerprint density at radius 2 is 1.75 bits per heavy atom. The van der Waals surface area contributed by atoms with Crippen LogP contribution in [0.25, 0.3) is 0 Å². The molecule has 1 heterocycles. The number of benzene rings is 2. The number of amides is 1. The van der Waals surface area contributed by atoms with Crippen LogP contribution in [0.1, 0.15) is 31.7 Å². The molecule has 1 aliphatic rings. The fourth-order valence-corrected chi connectivity index (χ4v) is 4.11. The topological polar surface area (TPSA) is 79.6 Å². The molecular formula is C25H23Cl2F3N2O4. The van der Waals surface area contributed by atoms with Gasteiger partial charge in [-0.25, -0.2) is 0 Å². The van der Waals surface area contributed by atoms with Crippen LogP contribution in [-0.4, -0.2) is 41.9 Å². The van der Waals surface area contributed by atoms with E-state index in [0.717, 1.165) is 12.1 Å². The lowest BCUT2D eigenvalue weighted by Crippen LogP contribution is -2.58. The summed E-state index contributed by atoms with van der Waals surface area (Å²) in [5.41, 5.74) is -3.47. The molecule has 0 saturated carbocycles. The lowest BCUT2D eigenvalue weighted by molar-refractivity contribution is -0.152. The van der Waals surface area contributed by atoms with Crippen molar-refractivity contribution in [2.24, 2.45) is 5.92 Å². The minimum Gasteiger partial charge on any atom is -0.492 e. The number of ketones is 1. The minimum atomic E-state index is -4.58. The van der Waals surface area contributed by atoms with Gasteiger partial charge in [-0.1, -0.05) is 42.3 Å². The molecule has 11 heteroatoms. The van der Waals surface area contributed by atoms with E-state index in [-0.39, 0.29) is 28.2 Å². The highest BCUT2D eigenvalue weighted by Crippen LogP contribution is 2.35. The molecule has 1 aliphatic heterocycles. The molecule has 0 bridgehead atoms. The van der Waals surface area contributed by atoms with Crippen molar-refractivity contribution in [2.45, 2.75) is 38.0 Å². The van der Waals surface area contributed by atoms with Gasteiger partial charge in [-0.05, 0) is 49.1 Å². The minimum absolute atomic E-state index is 0.0144. The number of likely N-dealkylation sites (tertiary alicyclic amines) is 1. The van der Waals surface area contributed by atoms with Gasteiger partial charge in [0.05, 0.1) is 22.2 Å². The highest BCUT2D eigenvalue weighted by atomic mass is 35.5. The molecule has 0 radical (unpaired) electrons. The number of nitriles is 1. The summed E-state index contributed by atoms with van der Waals surface area (Å²) in [4.78, 5) is 28.2. The maximum atomic E-state index is 13.5. The predicted octanol–water partition coefficient (Wildman–Crippen LogP) is 5.95. The van der Waals surface area contributed by atoms with E-state index >= 15 is 0 Å². The average molecular weight is 543 g/mol. The molecule has 1 fully saturated rings. The number of hydrogen-bond acceptors (Lipinski definition) is 5. The Labute approximate surface area is 216 Å². The molecule has 192 valence electrons. The first-order valence-electron chi connectivity index (χ1n) is 11.1. The molecule has 2 aromatic carbocycles. The normalized spacial score (nSPS) is 16.1. The Kier molecular flexibility index (Phi) is 8.75. The van der Waals surface area contributed by atoms with E-state index in [0.29, 0.717) is 37.9 Å². The molecular weight excluding hydrogens is 520 g/mol. The van der Waals surface area contributed by atoms with Gasteiger partial charge in [0, 0.05) is 19.5 Å². The van der Waals surface area contributed by atoms with Crippen LogP contribution in [0.3, 0.4) is 0 Å². The Bertz CT molecular complexity index is 1160. The van der Waals surface area contributed by atoms with Crippen molar-refractivity contribution in [3.63, 3.8) is 0 Å². The second-order valence-corrected chi connectivity index (χ2v) is 9.28. The van der Waals surface area contributed by atoms with Crippen molar-refractivity contribution in [1.82, 2.24) is 4.90 Å². The molecule has 1 unspecified atom stereocenters. The van der Waals surface area contributed by atoms with E-state index in [1.54, 1.807) is 18.2 Å². The number of halogens is 5. The van der Waals surface area contributed by atoms with Gasteiger partial charge in [0.2, 0.25) is 5.78 Å². The third-order valence-corrected chi connectivity index (χ3v) is 6.48. The van der Waals surface area contributed by atoms with Crippen LogP contribution < -0.4 is 9.47 Å². The Morgan fingerprint density at radius 3 is 2.33 bits per heavy atom. The maximum Gasteiger partial charge on any atom is 0.416 e. The van der Waals surface area contributed by atoms with Crippen LogP contribution >= 0.6 is 23.2 Å². The molecule has 2 aromatic rings. The summed E-state index contributed by atoms with van der Waals surface area (Å²) in [6, 6.07) is 10.4. The summed E-state index contributed by atoms with van der Waals surface area (Å²) in [5, 5.41) is 9.88. The third-order valence-electron chi connectivity index (χ3n) is 5.87. The molecule has 6 nitrogen and oxygen atoms in total. The quantitative estimate of drug-likeness (QED) is 0.385. The van der Waals surface area contributed by atoms with Crippen molar-refractivity contribution in [2.75, 3.05) is 19.7 Å². The summed E-state index contributed by atoms with van der Waals surface area (Å²) in [7, 11) is 0. The molecule has 1 saturated heterocycles. The highest BCUT2D eigenvalue weighted by molar-refractivity contribution is 6.32. The standard InChI is InChI=1S/C25H23Cl2F3N2O4/c1-16-8-11-32(12-9-16)23(34)24(15-31,36-21-5-3-2-4-18(21)26)22(33)10-13-35-20-7-6-17(14-19(20)27)25(28,29)30/h2-7,14,16H,8-13H2,1H3. The predicted molar refractivity (Wildman–Crippen MR) is 127 cm³/mol. The Morgan fingerprint density at radius 1 is 1.08 bits per heavy atom. The lowest BCUT2D eigenvalue weighted by atomic mass is 9.92. The molecule has 1 atom stereocenters. The molecule has 36 heavy (non-hydrogen) atoms. The van der Waals surface area contributed by atoms with Gasteiger partial charge in [0.25, 0.3) is 5.91 Å². The first-order valence-corrected chi connectivity index (χ1v) is 11.9. The number of alkyl halides is 3. The largest absolute Gasteiger partial charge is 0.492 e. The van der Waals surface area contributed by atoms with Gasteiger partial charge < -0.3 is 14.4 Å². The van der Waals surface area contributed by atoms with Crippen molar-refractivity contribution in [3.05, 3.63) is 58.1 Å². The van der Waals surface area contributed by atoms with E-state index in [1.165, 1.54) is 17.0 Å². The average Bonchev–Trinajstić information content (AvgIpc) is 2.84. The van der Waals surface area contributed by atoms with E-state index < -0.39 is 35.5 Å². The zero-order valence-electron chi connectivity index (χ0n) is 19.3. The monoisotopic (exact) mass is 542 g/mol. The SMILES string of the molecule is CC1CCN(C(=O)C(C#N)(Oc2ccccc2Cl)C(=O)CCOc2ccc(C(F)(F)F)cc2Cl)CC1. The van der Waals surface area contributed by atoms with Crippen molar-refractivity contribution >= 4 is 34.9 Å². The zero-order chi connectivity index (χ0) is 26.5. The van der Waals surface area contributed by atoms with Crippen LogP contribution in [0, 0.1) is 17.2 Å². The lowest BCUT2D eigenvalue weighted by Gasteiger charge is -2.35. The molecule has 3 rings (SSSR count). The molecule has 1 amide bonds. The third kappa shape index (κ3) is 6.23. The van der Waals surface area contributed by atoms with Crippen LogP contribution in [0.15, 0.2) is 42.5 Å². The van der Waals surface area contributed by atoms with E-state index in [4.69, 9.17) is 32.7 Å². The number of carbonyl (C=O) groups excluding carboxylic acids is 2. The van der Waals surface area contributed by atoms with Gasteiger partial charge >= 0.3 is 11.8 Å². The molecule has 0 aromatic heterocycles. The smallest absolute Gasteiger partial charge is 0.416 e. The first kappa shape index (κ1) is 27.6. The van der Waals surface area contributed by atoms with Gasteiger partial charge in [0.15, 0.2) is 0 Å². The Hall–Kier alpha value is -2.96. The van der Waals surface area contributed by atoms with Crippen molar-refractivity contribution < 1.29 is 32.2 Å². The first-order chi connectivity index (χ1) is 17.0. The second-order valence-electron chi connectivity index (χ2n) is 8.46. The van der Waals surface area contributed by atoms with Crippen LogP contribution in [0.2, 0.25) is 10.0 Å². The van der Waals surface area contributed by atoms with E-state index in [9.17, 15) is 28.0 Å². The van der Waals surface area contributed by atoms with Gasteiger partial charge in [-0.2, -0.15) is 18.4 Å². The van der Waals surface area contributed by atoms with Gasteiger partial charge in [0.1, 0.15) is 17.6 Å². The number of para-hydroxylation sites is 1. The fourth-order valence-electron chi connectivity index (χ4n) is 3.70. The number of piperidine rings is 1. The van der Waals surface area contributed by atoms with E-state index in [2.05, 4.69) is 6.92 Å². The van der Waals surface area contributed by atoms with Crippen molar-refractivity contribution in [1.29, 1.82) is 5.26 Å². The van der Waals surface area contributed by atoms with Crippen LogP contribution in [0.4, 0.5) is 13.2 Å².